The summed E-state index contributed by atoms with van der Waals surface area (Å²) in [7, 11) is 1.56. The first kappa shape index (κ1) is 18.2. The fourth-order valence-corrected chi connectivity index (χ4v) is 3.82. The van der Waals surface area contributed by atoms with E-state index in [0.29, 0.717) is 23.0 Å². The highest BCUT2D eigenvalue weighted by Gasteiger charge is 2.25. The number of rotatable bonds is 3. The van der Waals surface area contributed by atoms with Gasteiger partial charge in [-0.1, -0.05) is 72.4 Å². The largest absolute Gasteiger partial charge is 0.301 e. The Balaban J connectivity index is 1.97. The molecule has 6 nitrogen and oxygen atoms in total. The maximum absolute atomic E-state index is 13.1. The molecule has 2 aromatic carbocycles. The summed E-state index contributed by atoms with van der Waals surface area (Å²) in [6.45, 7) is 0.662. The lowest BCUT2D eigenvalue weighted by Crippen LogP contribution is -2.36. The van der Waals surface area contributed by atoms with Gasteiger partial charge in [-0.2, -0.15) is 5.10 Å². The molecule has 28 heavy (non-hydrogen) atoms. The molecular formula is C21H18N4O2S. The van der Waals surface area contributed by atoms with E-state index in [1.807, 2.05) is 60.7 Å². The number of benzene rings is 2. The van der Waals surface area contributed by atoms with Crippen LogP contribution in [-0.2, 0) is 7.05 Å². The number of carbonyl (C=O) groups excluding carboxylic acids is 1. The fourth-order valence-electron chi connectivity index (χ4n) is 3.10. The molecule has 0 saturated heterocycles. The zero-order chi connectivity index (χ0) is 19.5. The van der Waals surface area contributed by atoms with Crippen molar-refractivity contribution in [3.05, 3.63) is 76.6 Å². The van der Waals surface area contributed by atoms with Crippen molar-refractivity contribution in [3.8, 4) is 22.4 Å². The van der Waals surface area contributed by atoms with E-state index >= 15 is 0 Å². The quantitative estimate of drug-likeness (QED) is 0.746. The van der Waals surface area contributed by atoms with Crippen LogP contribution < -0.4 is 10.9 Å². The summed E-state index contributed by atoms with van der Waals surface area (Å²) >= 11 is 1.47. The van der Waals surface area contributed by atoms with Gasteiger partial charge in [-0.15, -0.1) is 0 Å². The van der Waals surface area contributed by atoms with Crippen LogP contribution >= 0.6 is 11.8 Å². The number of thioether (sulfide) groups is 1. The van der Waals surface area contributed by atoms with Gasteiger partial charge in [0.25, 0.3) is 11.5 Å². The Morgan fingerprint density at radius 2 is 1.68 bits per heavy atom. The number of aryl methyl sites for hydroxylation is 1. The summed E-state index contributed by atoms with van der Waals surface area (Å²) < 4.78 is 1.22. The maximum Gasteiger partial charge on any atom is 0.280 e. The normalized spacial score (nSPS) is 13.2. The van der Waals surface area contributed by atoms with Crippen LogP contribution in [0, 0.1) is 0 Å². The summed E-state index contributed by atoms with van der Waals surface area (Å²) in [5, 5.41) is 7.81. The van der Waals surface area contributed by atoms with E-state index in [4.69, 9.17) is 0 Å². The molecule has 0 radical (unpaired) electrons. The van der Waals surface area contributed by atoms with Crippen molar-refractivity contribution in [1.82, 2.24) is 15.1 Å². The molecule has 140 valence electrons. The number of nitrogens with one attached hydrogen (secondary N) is 1. The van der Waals surface area contributed by atoms with Crippen LogP contribution in [0.25, 0.3) is 22.4 Å². The highest BCUT2D eigenvalue weighted by atomic mass is 32.2. The monoisotopic (exact) mass is 390 g/mol. The van der Waals surface area contributed by atoms with Crippen molar-refractivity contribution in [2.24, 2.45) is 12.0 Å². The van der Waals surface area contributed by atoms with Crippen LogP contribution in [0.1, 0.15) is 10.4 Å². The zero-order valence-corrected chi connectivity index (χ0v) is 16.1. The van der Waals surface area contributed by atoms with Crippen LogP contribution in [0.3, 0.4) is 0 Å². The topological polar surface area (TPSA) is 76.3 Å². The van der Waals surface area contributed by atoms with E-state index in [0.717, 1.165) is 16.9 Å². The van der Waals surface area contributed by atoms with Gasteiger partial charge in [0.2, 0.25) is 0 Å². The molecule has 0 aliphatic carbocycles. The Bertz CT molecular complexity index is 1110. The maximum atomic E-state index is 13.1. The second-order valence-electron chi connectivity index (χ2n) is 6.25. The van der Waals surface area contributed by atoms with Crippen LogP contribution in [0.4, 0.5) is 0 Å². The number of aliphatic imine (C=N–C) groups is 1. The molecule has 1 aromatic heterocycles. The molecule has 1 N–H and O–H groups in total. The summed E-state index contributed by atoms with van der Waals surface area (Å²) in [5.41, 5.74) is 2.32. The van der Waals surface area contributed by atoms with Crippen molar-refractivity contribution in [1.29, 1.82) is 0 Å². The minimum Gasteiger partial charge on any atom is -0.301 e. The molecule has 0 atom stereocenters. The smallest absolute Gasteiger partial charge is 0.280 e. The van der Waals surface area contributed by atoms with Gasteiger partial charge in [0.15, 0.2) is 5.17 Å². The van der Waals surface area contributed by atoms with Crippen LogP contribution in [-0.4, -0.2) is 33.2 Å². The highest BCUT2D eigenvalue weighted by molar-refractivity contribution is 8.14. The van der Waals surface area contributed by atoms with E-state index in [2.05, 4.69) is 15.4 Å². The first-order chi connectivity index (χ1) is 13.6. The third-order valence-corrected chi connectivity index (χ3v) is 5.28. The first-order valence-corrected chi connectivity index (χ1v) is 9.84. The molecule has 0 unspecified atom stereocenters. The average molecular weight is 390 g/mol. The first-order valence-electron chi connectivity index (χ1n) is 8.86. The van der Waals surface area contributed by atoms with Crippen molar-refractivity contribution >= 4 is 22.8 Å². The molecule has 2 heterocycles. The van der Waals surface area contributed by atoms with E-state index in [1.165, 1.54) is 16.4 Å². The van der Waals surface area contributed by atoms with Crippen LogP contribution in [0.2, 0.25) is 0 Å². The molecule has 7 heteroatoms. The Hall–Kier alpha value is -3.19. The van der Waals surface area contributed by atoms with E-state index in [9.17, 15) is 9.59 Å². The van der Waals surface area contributed by atoms with Crippen LogP contribution in [0.5, 0.6) is 0 Å². The van der Waals surface area contributed by atoms with Gasteiger partial charge in [0, 0.05) is 23.9 Å². The van der Waals surface area contributed by atoms with E-state index in [1.54, 1.807) is 7.05 Å². The number of hydrogen-bond donors (Lipinski definition) is 1. The highest BCUT2D eigenvalue weighted by Crippen LogP contribution is 2.31. The lowest BCUT2D eigenvalue weighted by molar-refractivity contribution is 0.0976. The third kappa shape index (κ3) is 3.48. The van der Waals surface area contributed by atoms with Gasteiger partial charge in [-0.25, -0.2) is 4.68 Å². The van der Waals surface area contributed by atoms with Crippen molar-refractivity contribution in [2.45, 2.75) is 0 Å². The van der Waals surface area contributed by atoms with Gasteiger partial charge in [-0.05, 0) is 5.56 Å². The minimum absolute atomic E-state index is 0.0674. The number of amides is 1. The van der Waals surface area contributed by atoms with E-state index < -0.39 is 11.5 Å². The Morgan fingerprint density at radius 1 is 1.04 bits per heavy atom. The lowest BCUT2D eigenvalue weighted by atomic mass is 9.95. The molecule has 0 spiro atoms. The van der Waals surface area contributed by atoms with Gasteiger partial charge in [0.1, 0.15) is 5.56 Å². The second kappa shape index (κ2) is 7.82. The molecule has 3 aromatic rings. The summed E-state index contributed by atoms with van der Waals surface area (Å²) in [5.74, 6) is 0.359. The number of carbonyl (C=O) groups is 1. The molecule has 0 bridgehead atoms. The molecule has 0 fully saturated rings. The van der Waals surface area contributed by atoms with Gasteiger partial charge in [0.05, 0.1) is 12.2 Å². The number of nitrogens with zero attached hydrogens (tertiary/aromatic N) is 3. The SMILES string of the molecule is Cn1nc(-c2ccccc2)c(-c2ccccc2)c(C(=O)NC2=NCCS2)c1=O. The average Bonchev–Trinajstić information content (AvgIpc) is 3.23. The standard InChI is InChI=1S/C21H18N4O2S/c1-25-20(27)17(19(26)23-21-22-12-13-28-21)16(14-8-4-2-5-9-14)18(24-25)15-10-6-3-7-11-15/h2-11H,12-13H2,1H3,(H,22,23,26). The molecule has 1 aliphatic rings. The van der Waals surface area contributed by atoms with Crippen molar-refractivity contribution in [3.63, 3.8) is 0 Å². The predicted molar refractivity (Wildman–Crippen MR) is 113 cm³/mol. The molecular weight excluding hydrogens is 372 g/mol. The Kier molecular flexibility index (Phi) is 5.08. The van der Waals surface area contributed by atoms with Crippen LogP contribution in [0.15, 0.2) is 70.5 Å². The lowest BCUT2D eigenvalue weighted by Gasteiger charge is -2.15. The summed E-state index contributed by atoms with van der Waals surface area (Å²) in [4.78, 5) is 30.3. The van der Waals surface area contributed by atoms with Gasteiger partial charge in [-0.3, -0.25) is 14.6 Å². The minimum atomic E-state index is -0.466. The number of aromatic nitrogens is 2. The summed E-state index contributed by atoms with van der Waals surface area (Å²) in [6, 6.07) is 18.9. The van der Waals surface area contributed by atoms with Gasteiger partial charge >= 0.3 is 0 Å². The molecule has 1 amide bonds. The predicted octanol–water partition coefficient (Wildman–Crippen LogP) is 2.95. The van der Waals surface area contributed by atoms with Crippen molar-refractivity contribution < 1.29 is 4.79 Å². The number of amidine groups is 1. The van der Waals surface area contributed by atoms with Gasteiger partial charge < -0.3 is 5.32 Å². The van der Waals surface area contributed by atoms with E-state index in [-0.39, 0.29) is 5.56 Å². The number of hydrogen-bond acceptors (Lipinski definition) is 5. The Morgan fingerprint density at radius 3 is 2.29 bits per heavy atom. The third-order valence-electron chi connectivity index (χ3n) is 4.39. The molecule has 4 rings (SSSR count). The fraction of sp³-hybridized carbons (Fsp3) is 0.143. The second-order valence-corrected chi connectivity index (χ2v) is 7.33. The van der Waals surface area contributed by atoms with Crippen molar-refractivity contribution in [2.75, 3.05) is 12.3 Å². The molecule has 1 aliphatic heterocycles. The molecule has 0 saturated carbocycles. The Labute approximate surface area is 166 Å². The zero-order valence-electron chi connectivity index (χ0n) is 15.3. The summed E-state index contributed by atoms with van der Waals surface area (Å²) in [6.07, 6.45) is 0.